The van der Waals surface area contributed by atoms with Gasteiger partial charge in [0, 0.05) is 13.6 Å². The molecule has 0 radical (unpaired) electrons. The van der Waals surface area contributed by atoms with E-state index in [1.165, 1.54) is 30.4 Å². The topological polar surface area (TPSA) is 98.8 Å². The van der Waals surface area contributed by atoms with Crippen molar-refractivity contribution in [3.8, 4) is 0 Å². The van der Waals surface area contributed by atoms with Crippen LogP contribution in [0.25, 0.3) is 0 Å². The number of nitrogens with one attached hydrogen (secondary N) is 2. The molecule has 0 saturated carbocycles. The molecular formula is C15H22N4O4. The van der Waals surface area contributed by atoms with Gasteiger partial charge in [0.15, 0.2) is 0 Å². The van der Waals surface area contributed by atoms with Crippen LogP contribution >= 0.6 is 0 Å². The Balaban J connectivity index is 1.68. The van der Waals surface area contributed by atoms with Crippen LogP contribution in [-0.4, -0.2) is 60.4 Å². The van der Waals surface area contributed by atoms with Gasteiger partial charge in [0.25, 0.3) is 5.91 Å². The summed E-state index contributed by atoms with van der Waals surface area (Å²) in [6.45, 7) is -0.0384. The van der Waals surface area contributed by atoms with Gasteiger partial charge < -0.3 is 10.2 Å². The van der Waals surface area contributed by atoms with Crippen molar-refractivity contribution in [3.63, 3.8) is 0 Å². The van der Waals surface area contributed by atoms with Gasteiger partial charge >= 0.3 is 12.1 Å². The van der Waals surface area contributed by atoms with E-state index in [-0.39, 0.29) is 6.54 Å². The summed E-state index contributed by atoms with van der Waals surface area (Å²) in [5.41, 5.74) is 1.33. The summed E-state index contributed by atoms with van der Waals surface area (Å²) in [6, 6.07) is -1.14. The summed E-state index contributed by atoms with van der Waals surface area (Å²) >= 11 is 0. The van der Waals surface area contributed by atoms with Gasteiger partial charge in [-0.15, -0.1) is 0 Å². The number of hydrogen-bond acceptors (Lipinski definition) is 4. The van der Waals surface area contributed by atoms with Crippen LogP contribution in [0.4, 0.5) is 9.59 Å². The van der Waals surface area contributed by atoms with Crippen LogP contribution in [0.15, 0.2) is 11.6 Å². The molecule has 8 heteroatoms. The maximum absolute atomic E-state index is 11.7. The molecule has 126 valence electrons. The van der Waals surface area contributed by atoms with Crippen LogP contribution in [0.2, 0.25) is 0 Å². The van der Waals surface area contributed by atoms with Gasteiger partial charge in [0.2, 0.25) is 5.91 Å². The summed E-state index contributed by atoms with van der Waals surface area (Å²) < 4.78 is 0. The SMILES string of the molecule is CN1CC(=O)N(CC(=O)NC(=O)NCCC2=CCCCC2)C1=O. The second-order valence-corrected chi connectivity index (χ2v) is 5.78. The van der Waals surface area contributed by atoms with Crippen LogP contribution in [0.1, 0.15) is 32.1 Å². The monoisotopic (exact) mass is 322 g/mol. The highest BCUT2D eigenvalue weighted by atomic mass is 16.2. The highest BCUT2D eigenvalue weighted by Crippen LogP contribution is 2.19. The van der Waals surface area contributed by atoms with Crippen molar-refractivity contribution in [2.24, 2.45) is 0 Å². The van der Waals surface area contributed by atoms with Gasteiger partial charge in [0.05, 0.1) is 0 Å². The first-order valence-corrected chi connectivity index (χ1v) is 7.78. The van der Waals surface area contributed by atoms with E-state index in [9.17, 15) is 19.2 Å². The van der Waals surface area contributed by atoms with Gasteiger partial charge in [-0.1, -0.05) is 11.6 Å². The minimum Gasteiger partial charge on any atom is -0.337 e. The summed E-state index contributed by atoms with van der Waals surface area (Å²) in [5, 5.41) is 4.73. The smallest absolute Gasteiger partial charge is 0.327 e. The number of carbonyl (C=O) groups excluding carboxylic acids is 4. The molecule has 1 aliphatic carbocycles. The normalized spacial score (nSPS) is 18.0. The minimum atomic E-state index is -0.684. The second-order valence-electron chi connectivity index (χ2n) is 5.78. The molecule has 0 aromatic carbocycles. The van der Waals surface area contributed by atoms with Crippen LogP contribution in [0.5, 0.6) is 0 Å². The number of carbonyl (C=O) groups is 4. The van der Waals surface area contributed by atoms with E-state index in [2.05, 4.69) is 16.7 Å². The molecular weight excluding hydrogens is 300 g/mol. The predicted molar refractivity (Wildman–Crippen MR) is 82.4 cm³/mol. The molecule has 1 saturated heterocycles. The molecule has 23 heavy (non-hydrogen) atoms. The first-order valence-electron chi connectivity index (χ1n) is 7.78. The lowest BCUT2D eigenvalue weighted by Crippen LogP contribution is -2.46. The summed E-state index contributed by atoms with van der Waals surface area (Å²) in [5.74, 6) is -1.13. The third-order valence-corrected chi connectivity index (χ3v) is 3.90. The first-order chi connectivity index (χ1) is 11.0. The summed E-state index contributed by atoms with van der Waals surface area (Å²) in [7, 11) is 1.48. The van der Waals surface area contributed by atoms with Crippen LogP contribution < -0.4 is 10.6 Å². The summed E-state index contributed by atoms with van der Waals surface area (Å²) in [6.07, 6.45) is 7.53. The fraction of sp³-hybridized carbons (Fsp3) is 0.600. The zero-order valence-electron chi connectivity index (χ0n) is 13.3. The molecule has 1 fully saturated rings. The van der Waals surface area contributed by atoms with Crippen molar-refractivity contribution in [3.05, 3.63) is 11.6 Å². The van der Waals surface area contributed by atoms with E-state index in [0.29, 0.717) is 6.54 Å². The second kappa shape index (κ2) is 7.75. The van der Waals surface area contributed by atoms with Gasteiger partial charge in [-0.05, 0) is 32.1 Å². The van der Waals surface area contributed by atoms with Gasteiger partial charge in [-0.3, -0.25) is 19.8 Å². The van der Waals surface area contributed by atoms with E-state index >= 15 is 0 Å². The largest absolute Gasteiger partial charge is 0.337 e. The van der Waals surface area contributed by atoms with Crippen molar-refractivity contribution < 1.29 is 19.2 Å². The zero-order chi connectivity index (χ0) is 16.8. The maximum atomic E-state index is 11.7. The molecule has 2 rings (SSSR count). The number of rotatable bonds is 5. The molecule has 0 bridgehead atoms. The average molecular weight is 322 g/mol. The number of nitrogens with zero attached hydrogens (tertiary/aromatic N) is 2. The molecule has 2 N–H and O–H groups in total. The minimum absolute atomic E-state index is 0.0482. The van der Waals surface area contributed by atoms with Gasteiger partial charge in [-0.2, -0.15) is 0 Å². The van der Waals surface area contributed by atoms with E-state index in [1.54, 1.807) is 0 Å². The Hall–Kier alpha value is -2.38. The Kier molecular flexibility index (Phi) is 5.72. The Morgan fingerprint density at radius 3 is 2.65 bits per heavy atom. The van der Waals surface area contributed by atoms with Crippen LogP contribution in [-0.2, 0) is 9.59 Å². The molecule has 0 atom stereocenters. The van der Waals surface area contributed by atoms with Crippen molar-refractivity contribution in [1.29, 1.82) is 0 Å². The van der Waals surface area contributed by atoms with Crippen molar-refractivity contribution in [1.82, 2.24) is 20.4 Å². The number of amides is 6. The van der Waals surface area contributed by atoms with E-state index in [1.807, 2.05) is 0 Å². The molecule has 0 unspecified atom stereocenters. The number of urea groups is 2. The average Bonchev–Trinajstić information content (AvgIpc) is 2.74. The van der Waals surface area contributed by atoms with E-state index in [0.717, 1.165) is 24.2 Å². The number of imide groups is 2. The van der Waals surface area contributed by atoms with E-state index < -0.39 is 30.4 Å². The molecule has 1 aliphatic heterocycles. The maximum Gasteiger partial charge on any atom is 0.327 e. The predicted octanol–water partition coefficient (Wildman–Crippen LogP) is 0.597. The Labute approximate surface area is 134 Å². The standard InChI is InChI=1S/C15H22N4O4/c1-18-10-13(21)19(15(18)23)9-12(20)17-14(22)16-8-7-11-5-3-2-4-6-11/h5H,2-4,6-10H2,1H3,(H2,16,17,20,22). The van der Waals surface area contributed by atoms with Crippen molar-refractivity contribution in [2.75, 3.05) is 26.7 Å². The third kappa shape index (κ3) is 4.80. The zero-order valence-corrected chi connectivity index (χ0v) is 13.3. The van der Waals surface area contributed by atoms with Crippen molar-refractivity contribution >= 4 is 23.9 Å². The Morgan fingerprint density at radius 2 is 2.04 bits per heavy atom. The summed E-state index contributed by atoms with van der Waals surface area (Å²) in [4.78, 5) is 48.6. The molecule has 6 amide bonds. The lowest BCUT2D eigenvalue weighted by Gasteiger charge is -2.14. The van der Waals surface area contributed by atoms with Gasteiger partial charge in [-0.25, -0.2) is 9.59 Å². The third-order valence-electron chi connectivity index (χ3n) is 3.90. The number of likely N-dealkylation sites (N-methyl/N-ethyl adjacent to an activating group) is 1. The molecule has 1 heterocycles. The lowest BCUT2D eigenvalue weighted by molar-refractivity contribution is -0.130. The van der Waals surface area contributed by atoms with Crippen LogP contribution in [0, 0.1) is 0 Å². The highest BCUT2D eigenvalue weighted by molar-refractivity contribution is 6.06. The van der Waals surface area contributed by atoms with Gasteiger partial charge in [0.1, 0.15) is 13.1 Å². The highest BCUT2D eigenvalue weighted by Gasteiger charge is 2.34. The first kappa shape index (κ1) is 17.0. The quantitative estimate of drug-likeness (QED) is 0.572. The van der Waals surface area contributed by atoms with Crippen LogP contribution in [0.3, 0.4) is 0 Å². The molecule has 0 spiro atoms. The Bertz CT molecular complexity index is 544. The molecule has 8 nitrogen and oxygen atoms in total. The number of allylic oxidation sites excluding steroid dienone is 1. The fourth-order valence-electron chi connectivity index (χ4n) is 2.65. The molecule has 0 aromatic heterocycles. The molecule has 0 aromatic rings. The lowest BCUT2D eigenvalue weighted by atomic mass is 9.97. The fourth-order valence-corrected chi connectivity index (χ4v) is 2.65. The molecule has 2 aliphatic rings. The van der Waals surface area contributed by atoms with Crippen molar-refractivity contribution in [2.45, 2.75) is 32.1 Å². The Morgan fingerprint density at radius 1 is 1.26 bits per heavy atom. The van der Waals surface area contributed by atoms with E-state index in [4.69, 9.17) is 0 Å². The number of hydrogen-bond donors (Lipinski definition) is 2.